The standard InChI is InChI=1S/C20H23NO4S/c1-3-26(23,24)19-16-12-8-7-11-15(16)13-17(19)21-20(22)18(25-2)14-9-5-4-6-10-14/h4-12,17-19H,3,13H2,1-2H3,(H,21,22)/t17-,18-,19-/m0/s1. The summed E-state index contributed by atoms with van der Waals surface area (Å²) in [4.78, 5) is 12.8. The molecule has 138 valence electrons. The van der Waals surface area contributed by atoms with Gasteiger partial charge in [0.25, 0.3) is 5.91 Å². The molecular weight excluding hydrogens is 350 g/mol. The summed E-state index contributed by atoms with van der Waals surface area (Å²) in [5.41, 5.74) is 2.49. The van der Waals surface area contributed by atoms with Crippen molar-refractivity contribution in [1.29, 1.82) is 0 Å². The van der Waals surface area contributed by atoms with Crippen LogP contribution in [0, 0.1) is 0 Å². The predicted molar refractivity (Wildman–Crippen MR) is 100 cm³/mol. The Morgan fingerprint density at radius 3 is 2.46 bits per heavy atom. The molecule has 0 aromatic heterocycles. The van der Waals surface area contributed by atoms with Gasteiger partial charge < -0.3 is 10.1 Å². The number of hydrogen-bond donors (Lipinski definition) is 1. The van der Waals surface area contributed by atoms with Gasteiger partial charge in [-0.1, -0.05) is 61.5 Å². The van der Waals surface area contributed by atoms with Gasteiger partial charge in [-0.15, -0.1) is 0 Å². The molecule has 0 radical (unpaired) electrons. The van der Waals surface area contributed by atoms with Crippen molar-refractivity contribution in [3.8, 4) is 0 Å². The molecule has 0 fully saturated rings. The Bertz CT molecular complexity index is 880. The first-order valence-electron chi connectivity index (χ1n) is 8.65. The molecule has 1 N–H and O–H groups in total. The summed E-state index contributed by atoms with van der Waals surface area (Å²) in [6, 6.07) is 16.2. The van der Waals surface area contributed by atoms with E-state index in [-0.39, 0.29) is 11.7 Å². The fourth-order valence-corrected chi connectivity index (χ4v) is 5.23. The molecule has 6 heteroatoms. The summed E-state index contributed by atoms with van der Waals surface area (Å²) in [6.07, 6.45) is -0.276. The first kappa shape index (κ1) is 18.6. The zero-order valence-electron chi connectivity index (χ0n) is 14.9. The maximum Gasteiger partial charge on any atom is 0.254 e. The Kier molecular flexibility index (Phi) is 5.44. The minimum absolute atomic E-state index is 0.0325. The van der Waals surface area contributed by atoms with Crippen LogP contribution in [0.25, 0.3) is 0 Å². The van der Waals surface area contributed by atoms with Gasteiger partial charge in [-0.2, -0.15) is 0 Å². The summed E-state index contributed by atoms with van der Waals surface area (Å²) >= 11 is 0. The largest absolute Gasteiger partial charge is 0.367 e. The first-order chi connectivity index (χ1) is 12.5. The minimum atomic E-state index is -3.36. The second-order valence-electron chi connectivity index (χ2n) is 6.42. The van der Waals surface area contributed by atoms with Gasteiger partial charge in [-0.05, 0) is 23.1 Å². The number of sulfone groups is 1. The lowest BCUT2D eigenvalue weighted by Crippen LogP contribution is -2.43. The summed E-state index contributed by atoms with van der Waals surface area (Å²) in [5, 5.41) is 2.20. The molecule has 0 heterocycles. The Morgan fingerprint density at radius 2 is 1.81 bits per heavy atom. The van der Waals surface area contributed by atoms with E-state index in [0.29, 0.717) is 6.42 Å². The third kappa shape index (κ3) is 3.52. The maximum absolute atomic E-state index is 12.8. The molecule has 2 aromatic carbocycles. The quantitative estimate of drug-likeness (QED) is 0.845. The highest BCUT2D eigenvalue weighted by Crippen LogP contribution is 2.38. The van der Waals surface area contributed by atoms with Crippen LogP contribution in [0.5, 0.6) is 0 Å². The maximum atomic E-state index is 12.8. The number of carbonyl (C=O) groups excluding carboxylic acids is 1. The van der Waals surface area contributed by atoms with Gasteiger partial charge in [0.2, 0.25) is 0 Å². The third-order valence-corrected chi connectivity index (χ3v) is 7.02. The predicted octanol–water partition coefficient (Wildman–Crippen LogP) is 2.59. The highest BCUT2D eigenvalue weighted by Gasteiger charge is 2.41. The molecule has 5 nitrogen and oxygen atoms in total. The normalized spacial score (nSPS) is 20.4. The number of ether oxygens (including phenoxy) is 1. The lowest BCUT2D eigenvalue weighted by molar-refractivity contribution is -0.132. The molecule has 0 spiro atoms. The van der Waals surface area contributed by atoms with Gasteiger partial charge >= 0.3 is 0 Å². The van der Waals surface area contributed by atoms with Gasteiger partial charge in [0.1, 0.15) is 5.25 Å². The van der Waals surface area contributed by atoms with E-state index in [4.69, 9.17) is 4.74 Å². The van der Waals surface area contributed by atoms with Crippen molar-refractivity contribution in [3.63, 3.8) is 0 Å². The lowest BCUT2D eigenvalue weighted by Gasteiger charge is -2.24. The van der Waals surface area contributed by atoms with Gasteiger partial charge in [0.15, 0.2) is 15.9 Å². The van der Waals surface area contributed by atoms with E-state index in [9.17, 15) is 13.2 Å². The lowest BCUT2D eigenvalue weighted by atomic mass is 10.1. The first-order valence-corrected chi connectivity index (χ1v) is 10.4. The number of fused-ring (bicyclic) bond motifs is 1. The van der Waals surface area contributed by atoms with Crippen LogP contribution in [-0.4, -0.2) is 33.2 Å². The number of benzene rings is 2. The molecule has 3 atom stereocenters. The molecule has 26 heavy (non-hydrogen) atoms. The van der Waals surface area contributed by atoms with Crippen molar-refractivity contribution in [2.45, 2.75) is 30.7 Å². The van der Waals surface area contributed by atoms with Crippen LogP contribution in [-0.2, 0) is 25.8 Å². The number of amides is 1. The monoisotopic (exact) mass is 373 g/mol. The summed E-state index contributed by atoms with van der Waals surface area (Å²) in [6.45, 7) is 1.64. The number of carbonyl (C=O) groups is 1. The second kappa shape index (κ2) is 7.60. The van der Waals surface area contributed by atoms with E-state index in [2.05, 4.69) is 5.32 Å². The second-order valence-corrected chi connectivity index (χ2v) is 8.83. The highest BCUT2D eigenvalue weighted by molar-refractivity contribution is 7.91. The molecule has 1 amide bonds. The van der Waals surface area contributed by atoms with Crippen LogP contribution in [0.3, 0.4) is 0 Å². The summed E-state index contributed by atoms with van der Waals surface area (Å²) < 4.78 is 30.7. The third-order valence-electron chi connectivity index (χ3n) is 4.86. The highest BCUT2D eigenvalue weighted by atomic mass is 32.2. The van der Waals surface area contributed by atoms with E-state index in [1.165, 1.54) is 7.11 Å². The smallest absolute Gasteiger partial charge is 0.254 e. The van der Waals surface area contributed by atoms with E-state index in [0.717, 1.165) is 16.7 Å². The van der Waals surface area contributed by atoms with E-state index in [1.54, 1.807) is 6.92 Å². The van der Waals surface area contributed by atoms with Crippen LogP contribution in [0.4, 0.5) is 0 Å². The molecule has 3 rings (SSSR count). The van der Waals surface area contributed by atoms with Crippen LogP contribution < -0.4 is 5.32 Å². The fraction of sp³-hybridized carbons (Fsp3) is 0.350. The zero-order chi connectivity index (χ0) is 18.7. The van der Waals surface area contributed by atoms with Gasteiger partial charge in [0.05, 0.1) is 6.04 Å². The number of methoxy groups -OCH3 is 1. The molecule has 0 bridgehead atoms. The van der Waals surface area contributed by atoms with Crippen LogP contribution in [0.15, 0.2) is 54.6 Å². The van der Waals surface area contributed by atoms with Gasteiger partial charge in [-0.25, -0.2) is 8.42 Å². The number of hydrogen-bond acceptors (Lipinski definition) is 4. The SMILES string of the molecule is CCS(=O)(=O)[C@H]1c2ccccc2C[C@@H]1NC(=O)[C@@H](OC)c1ccccc1. The molecule has 0 saturated heterocycles. The minimum Gasteiger partial charge on any atom is -0.367 e. The Labute approximate surface area is 154 Å². The van der Waals surface area contributed by atoms with Gasteiger partial charge in [0, 0.05) is 12.9 Å². The van der Waals surface area contributed by atoms with Crippen LogP contribution in [0.1, 0.15) is 35.0 Å². The average molecular weight is 373 g/mol. The molecule has 0 saturated carbocycles. The Balaban J connectivity index is 1.88. The topological polar surface area (TPSA) is 72.5 Å². The molecule has 0 aliphatic heterocycles. The van der Waals surface area contributed by atoms with Crippen molar-refractivity contribution in [3.05, 3.63) is 71.3 Å². The summed E-state index contributed by atoms with van der Waals surface area (Å²) in [5.74, 6) is -0.294. The van der Waals surface area contributed by atoms with E-state index in [1.807, 2.05) is 54.6 Å². The molecule has 1 aliphatic rings. The van der Waals surface area contributed by atoms with Crippen LogP contribution >= 0.6 is 0 Å². The Hall–Kier alpha value is -2.18. The van der Waals surface area contributed by atoms with Crippen molar-refractivity contribution >= 4 is 15.7 Å². The van der Waals surface area contributed by atoms with Crippen molar-refractivity contribution in [2.75, 3.05) is 12.9 Å². The van der Waals surface area contributed by atoms with Crippen molar-refractivity contribution in [2.24, 2.45) is 0 Å². The average Bonchev–Trinajstić information content (AvgIpc) is 3.01. The van der Waals surface area contributed by atoms with E-state index >= 15 is 0 Å². The molecular formula is C20H23NO4S. The van der Waals surface area contributed by atoms with Crippen LogP contribution in [0.2, 0.25) is 0 Å². The van der Waals surface area contributed by atoms with Crippen molar-refractivity contribution in [1.82, 2.24) is 5.32 Å². The Morgan fingerprint density at radius 1 is 1.15 bits per heavy atom. The molecule has 2 aromatic rings. The summed E-state index contributed by atoms with van der Waals surface area (Å²) in [7, 11) is -1.89. The molecule has 0 unspecified atom stereocenters. The van der Waals surface area contributed by atoms with Crippen molar-refractivity contribution < 1.29 is 17.9 Å². The van der Waals surface area contributed by atoms with Gasteiger partial charge in [-0.3, -0.25) is 4.79 Å². The zero-order valence-corrected chi connectivity index (χ0v) is 15.7. The number of nitrogens with one attached hydrogen (secondary N) is 1. The molecule has 1 aliphatic carbocycles. The van der Waals surface area contributed by atoms with E-state index < -0.39 is 27.2 Å². The fourth-order valence-electron chi connectivity index (χ4n) is 3.59. The number of rotatable bonds is 6.